The van der Waals surface area contributed by atoms with Gasteiger partial charge in [-0.05, 0) is 55.2 Å². The molecule has 0 aliphatic rings. The Kier molecular flexibility index (Phi) is 8.78. The fourth-order valence-corrected chi connectivity index (χ4v) is 4.99. The lowest BCUT2D eigenvalue weighted by Gasteiger charge is -2.22. The lowest BCUT2D eigenvalue weighted by Crippen LogP contribution is -2.47. The van der Waals surface area contributed by atoms with Gasteiger partial charge < -0.3 is 5.32 Å². The number of carbonyl (C=O) groups is 1. The van der Waals surface area contributed by atoms with Gasteiger partial charge in [-0.3, -0.25) is 4.79 Å². The summed E-state index contributed by atoms with van der Waals surface area (Å²) in [6.07, 6.45) is 2.08. The minimum absolute atomic E-state index is 0.238. The van der Waals surface area contributed by atoms with Gasteiger partial charge in [0.25, 0.3) is 0 Å². The van der Waals surface area contributed by atoms with E-state index >= 15 is 0 Å². The molecule has 0 aliphatic heterocycles. The van der Waals surface area contributed by atoms with Crippen molar-refractivity contribution in [2.24, 2.45) is 0 Å². The Bertz CT molecular complexity index is 974. The second kappa shape index (κ2) is 10.6. The Morgan fingerprint density at radius 3 is 2.52 bits per heavy atom. The van der Waals surface area contributed by atoms with E-state index in [1.54, 1.807) is 25.1 Å². The molecule has 2 unspecified atom stereocenters. The molecule has 2 rings (SSSR count). The second-order valence-electron chi connectivity index (χ2n) is 6.28. The van der Waals surface area contributed by atoms with Crippen LogP contribution in [-0.4, -0.2) is 32.4 Å². The average molecular weight is 479 g/mol. The fourth-order valence-electron chi connectivity index (χ4n) is 2.64. The average Bonchev–Trinajstić information content (AvgIpc) is 2.65. The monoisotopic (exact) mass is 478 g/mol. The Balaban J connectivity index is 2.20. The van der Waals surface area contributed by atoms with Crippen molar-refractivity contribution in [3.05, 3.63) is 63.9 Å². The molecule has 0 aromatic heterocycles. The largest absolute Gasteiger partial charge is 0.348 e. The van der Waals surface area contributed by atoms with Crippen LogP contribution in [0.5, 0.6) is 0 Å². The number of hydrogen-bond acceptors (Lipinski definition) is 4. The predicted molar refractivity (Wildman–Crippen MR) is 117 cm³/mol. The summed E-state index contributed by atoms with van der Waals surface area (Å²) in [4.78, 5) is 12.3. The highest BCUT2D eigenvalue weighted by atomic mass is 35.5. The number of nitrogens with one attached hydrogen (secondary N) is 2. The van der Waals surface area contributed by atoms with Gasteiger partial charge in [0.2, 0.25) is 15.9 Å². The van der Waals surface area contributed by atoms with Crippen molar-refractivity contribution in [3.63, 3.8) is 0 Å². The lowest BCUT2D eigenvalue weighted by atomic mass is 10.1. The summed E-state index contributed by atoms with van der Waals surface area (Å²) in [6.45, 7) is 1.73. The van der Waals surface area contributed by atoms with Crippen molar-refractivity contribution in [1.82, 2.24) is 10.0 Å². The highest BCUT2D eigenvalue weighted by Gasteiger charge is 2.28. The maximum absolute atomic E-state index is 13.9. The third-order valence-electron chi connectivity index (χ3n) is 4.14. The zero-order valence-electron chi connectivity index (χ0n) is 15.8. The fraction of sp³-hybridized carbons (Fsp3) is 0.316. The molecule has 0 radical (unpaired) electrons. The highest BCUT2D eigenvalue weighted by molar-refractivity contribution is 7.98. The van der Waals surface area contributed by atoms with Crippen LogP contribution >= 0.6 is 35.0 Å². The van der Waals surface area contributed by atoms with Crippen LogP contribution in [0.25, 0.3) is 0 Å². The Hall–Kier alpha value is -1.32. The minimum Gasteiger partial charge on any atom is -0.348 e. The van der Waals surface area contributed by atoms with Gasteiger partial charge in [-0.1, -0.05) is 41.4 Å². The zero-order chi connectivity index (χ0) is 21.6. The van der Waals surface area contributed by atoms with E-state index in [0.717, 1.165) is 12.1 Å². The molecule has 0 spiro atoms. The van der Waals surface area contributed by atoms with Gasteiger partial charge in [0.05, 0.1) is 6.04 Å². The maximum Gasteiger partial charge on any atom is 0.244 e. The van der Waals surface area contributed by atoms with Crippen molar-refractivity contribution in [2.45, 2.75) is 30.3 Å². The standard InChI is InChI=1S/C19H21Cl2FN2O3S2/c1-12(14-8-7-13(20)11-15(14)21)23-19(25)17(9-10-28-2)24-29(26,27)18-6-4-3-5-16(18)22/h3-8,11-12,17,24H,9-10H2,1-2H3,(H,23,25). The van der Waals surface area contributed by atoms with Crippen LogP contribution in [0.3, 0.4) is 0 Å². The first kappa shape index (κ1) is 24.0. The van der Waals surface area contributed by atoms with Gasteiger partial charge in [0.1, 0.15) is 16.8 Å². The first-order chi connectivity index (χ1) is 13.7. The summed E-state index contributed by atoms with van der Waals surface area (Å²) in [7, 11) is -4.22. The number of sulfonamides is 1. The zero-order valence-corrected chi connectivity index (χ0v) is 18.9. The highest BCUT2D eigenvalue weighted by Crippen LogP contribution is 2.26. The lowest BCUT2D eigenvalue weighted by molar-refractivity contribution is -0.123. The van der Waals surface area contributed by atoms with Crippen molar-refractivity contribution >= 4 is 50.9 Å². The molecule has 158 valence electrons. The first-order valence-electron chi connectivity index (χ1n) is 8.67. The van der Waals surface area contributed by atoms with Crippen LogP contribution in [0.1, 0.15) is 24.9 Å². The van der Waals surface area contributed by atoms with Crippen LogP contribution in [0.4, 0.5) is 4.39 Å². The van der Waals surface area contributed by atoms with E-state index in [-0.39, 0.29) is 6.42 Å². The van der Waals surface area contributed by atoms with Gasteiger partial charge in [0, 0.05) is 10.0 Å². The summed E-state index contributed by atoms with van der Waals surface area (Å²) < 4.78 is 41.5. The van der Waals surface area contributed by atoms with Gasteiger partial charge in [0.15, 0.2) is 0 Å². The van der Waals surface area contributed by atoms with E-state index in [0.29, 0.717) is 21.4 Å². The summed E-state index contributed by atoms with van der Waals surface area (Å²) >= 11 is 13.5. The van der Waals surface area contributed by atoms with Crippen molar-refractivity contribution in [2.75, 3.05) is 12.0 Å². The number of thioether (sulfide) groups is 1. The van der Waals surface area contributed by atoms with Crippen LogP contribution in [0.15, 0.2) is 47.4 Å². The van der Waals surface area contributed by atoms with E-state index in [4.69, 9.17) is 23.2 Å². The SMILES string of the molecule is CSCCC(NS(=O)(=O)c1ccccc1F)C(=O)NC(C)c1ccc(Cl)cc1Cl. The van der Waals surface area contributed by atoms with Gasteiger partial charge in [-0.15, -0.1) is 0 Å². The summed E-state index contributed by atoms with van der Waals surface area (Å²) in [5.74, 6) is -0.878. The molecule has 0 fully saturated rings. The van der Waals surface area contributed by atoms with E-state index in [9.17, 15) is 17.6 Å². The molecule has 0 heterocycles. The quantitative estimate of drug-likeness (QED) is 0.559. The van der Waals surface area contributed by atoms with E-state index < -0.39 is 38.7 Å². The summed E-state index contributed by atoms with van der Waals surface area (Å²) in [6, 6.07) is 8.36. The maximum atomic E-state index is 13.9. The number of amides is 1. The number of hydrogen-bond donors (Lipinski definition) is 2. The van der Waals surface area contributed by atoms with E-state index in [2.05, 4.69) is 10.0 Å². The van der Waals surface area contributed by atoms with Crippen molar-refractivity contribution in [3.8, 4) is 0 Å². The molecule has 2 N–H and O–H groups in total. The minimum atomic E-state index is -4.22. The first-order valence-corrected chi connectivity index (χ1v) is 12.3. The molecule has 0 saturated carbocycles. The van der Waals surface area contributed by atoms with Gasteiger partial charge in [-0.2, -0.15) is 16.5 Å². The molecule has 2 aromatic carbocycles. The van der Waals surface area contributed by atoms with Crippen LogP contribution < -0.4 is 10.0 Å². The van der Waals surface area contributed by atoms with Crippen molar-refractivity contribution < 1.29 is 17.6 Å². The smallest absolute Gasteiger partial charge is 0.244 e. The Morgan fingerprint density at radius 2 is 1.90 bits per heavy atom. The molecule has 0 bridgehead atoms. The van der Waals surface area contributed by atoms with E-state index in [1.807, 2.05) is 6.26 Å². The number of halogens is 3. The van der Waals surface area contributed by atoms with E-state index in [1.165, 1.54) is 23.9 Å². The predicted octanol–water partition coefficient (Wildman–Crippen LogP) is 4.41. The van der Waals surface area contributed by atoms with Gasteiger partial charge >= 0.3 is 0 Å². The van der Waals surface area contributed by atoms with Crippen LogP contribution in [0.2, 0.25) is 10.0 Å². The molecule has 0 saturated heterocycles. The molecule has 29 heavy (non-hydrogen) atoms. The summed E-state index contributed by atoms with van der Waals surface area (Å²) in [5.41, 5.74) is 0.644. The number of rotatable bonds is 9. The summed E-state index contributed by atoms with van der Waals surface area (Å²) in [5, 5.41) is 3.61. The molecule has 2 aromatic rings. The number of benzene rings is 2. The Labute approximate surface area is 184 Å². The van der Waals surface area contributed by atoms with Crippen LogP contribution in [0, 0.1) is 5.82 Å². The number of carbonyl (C=O) groups excluding carboxylic acids is 1. The molecule has 1 amide bonds. The second-order valence-corrected chi connectivity index (χ2v) is 9.79. The third kappa shape index (κ3) is 6.58. The molecule has 2 atom stereocenters. The molecule has 0 aliphatic carbocycles. The molecular formula is C19H21Cl2FN2O3S2. The van der Waals surface area contributed by atoms with Crippen molar-refractivity contribution in [1.29, 1.82) is 0 Å². The van der Waals surface area contributed by atoms with Crippen LogP contribution in [-0.2, 0) is 14.8 Å². The Morgan fingerprint density at radius 1 is 1.21 bits per heavy atom. The topological polar surface area (TPSA) is 75.3 Å². The van der Waals surface area contributed by atoms with Gasteiger partial charge in [-0.25, -0.2) is 12.8 Å². The third-order valence-corrected chi connectivity index (χ3v) is 6.85. The molecular weight excluding hydrogens is 458 g/mol. The molecule has 10 heteroatoms. The normalized spacial score (nSPS) is 13.7. The molecule has 5 nitrogen and oxygen atoms in total.